The average molecular weight is 305 g/mol. The van der Waals surface area contributed by atoms with Crippen molar-refractivity contribution in [1.82, 2.24) is 5.32 Å². The first-order valence-electron chi connectivity index (χ1n) is 6.12. The van der Waals surface area contributed by atoms with Crippen molar-refractivity contribution in [3.05, 3.63) is 28.2 Å². The monoisotopic (exact) mass is 304 g/mol. The maximum absolute atomic E-state index is 11.8. The maximum atomic E-state index is 11.8. The fourth-order valence-corrected chi connectivity index (χ4v) is 2.06. The van der Waals surface area contributed by atoms with E-state index in [0.717, 1.165) is 6.42 Å². The first-order valence-corrected chi connectivity index (χ1v) is 6.88. The Balaban J connectivity index is 2.43. The van der Waals surface area contributed by atoms with Gasteiger partial charge in [-0.15, -0.1) is 0 Å². The largest absolute Gasteiger partial charge is 0.396 e. The van der Waals surface area contributed by atoms with E-state index in [1.165, 1.54) is 0 Å². The summed E-state index contributed by atoms with van der Waals surface area (Å²) in [7, 11) is 0. The molecule has 1 aromatic carbocycles. The lowest BCUT2D eigenvalue weighted by Crippen LogP contribution is -2.34. The molecular formula is C13H18Cl2N2O2. The Bertz CT molecular complexity index is 407. The van der Waals surface area contributed by atoms with Gasteiger partial charge in [0.25, 0.3) is 0 Å². The molecule has 0 fully saturated rings. The number of benzene rings is 1. The molecule has 0 aliphatic heterocycles. The van der Waals surface area contributed by atoms with Crippen LogP contribution >= 0.6 is 23.2 Å². The number of nitrogens with one attached hydrogen (secondary N) is 2. The Morgan fingerprint density at radius 1 is 1.37 bits per heavy atom. The predicted molar refractivity (Wildman–Crippen MR) is 78.9 cm³/mol. The first-order chi connectivity index (χ1) is 9.04. The SMILES string of the molecule is CC(CCCO)NCC(=O)Nc1c(Cl)cccc1Cl. The lowest BCUT2D eigenvalue weighted by atomic mass is 10.2. The molecule has 106 valence electrons. The number of aliphatic hydroxyl groups excluding tert-OH is 1. The van der Waals surface area contributed by atoms with E-state index in [4.69, 9.17) is 28.3 Å². The molecule has 1 rings (SSSR count). The molecule has 4 nitrogen and oxygen atoms in total. The van der Waals surface area contributed by atoms with Gasteiger partial charge in [0, 0.05) is 12.6 Å². The van der Waals surface area contributed by atoms with E-state index >= 15 is 0 Å². The minimum atomic E-state index is -0.203. The van der Waals surface area contributed by atoms with Crippen LogP contribution in [0.25, 0.3) is 0 Å². The van der Waals surface area contributed by atoms with Gasteiger partial charge in [0.15, 0.2) is 0 Å². The third-order valence-electron chi connectivity index (χ3n) is 2.63. The van der Waals surface area contributed by atoms with Crippen molar-refractivity contribution in [2.24, 2.45) is 0 Å². The highest BCUT2D eigenvalue weighted by molar-refractivity contribution is 6.39. The molecule has 19 heavy (non-hydrogen) atoms. The molecule has 1 atom stereocenters. The molecule has 0 aliphatic carbocycles. The summed E-state index contributed by atoms with van der Waals surface area (Å²) in [4.78, 5) is 11.8. The van der Waals surface area contributed by atoms with Crippen molar-refractivity contribution in [3.63, 3.8) is 0 Å². The van der Waals surface area contributed by atoms with Crippen LogP contribution in [0.1, 0.15) is 19.8 Å². The molecular weight excluding hydrogens is 287 g/mol. The Labute approximate surface area is 123 Å². The second-order valence-electron chi connectivity index (χ2n) is 4.29. The summed E-state index contributed by atoms with van der Waals surface area (Å²) in [6.45, 7) is 2.30. The highest BCUT2D eigenvalue weighted by Gasteiger charge is 2.10. The Hall–Kier alpha value is -0.810. The average Bonchev–Trinajstić information content (AvgIpc) is 2.38. The molecule has 1 unspecified atom stereocenters. The van der Waals surface area contributed by atoms with Crippen LogP contribution in [0.5, 0.6) is 0 Å². The van der Waals surface area contributed by atoms with Crippen molar-refractivity contribution in [2.45, 2.75) is 25.8 Å². The van der Waals surface area contributed by atoms with E-state index in [2.05, 4.69) is 10.6 Å². The maximum Gasteiger partial charge on any atom is 0.238 e. The fraction of sp³-hybridized carbons (Fsp3) is 0.462. The molecule has 0 saturated carbocycles. The van der Waals surface area contributed by atoms with Crippen molar-refractivity contribution < 1.29 is 9.90 Å². The quantitative estimate of drug-likeness (QED) is 0.726. The van der Waals surface area contributed by atoms with Gasteiger partial charge < -0.3 is 15.7 Å². The number of rotatable bonds is 7. The molecule has 0 heterocycles. The van der Waals surface area contributed by atoms with Crippen LogP contribution < -0.4 is 10.6 Å². The number of hydrogen-bond donors (Lipinski definition) is 3. The number of hydrogen-bond acceptors (Lipinski definition) is 3. The molecule has 3 N–H and O–H groups in total. The minimum absolute atomic E-state index is 0.160. The second-order valence-corrected chi connectivity index (χ2v) is 5.11. The Kier molecular flexibility index (Phi) is 7.16. The van der Waals surface area contributed by atoms with Crippen LogP contribution in [0.3, 0.4) is 0 Å². The smallest absolute Gasteiger partial charge is 0.238 e. The van der Waals surface area contributed by atoms with Crippen molar-refractivity contribution in [3.8, 4) is 0 Å². The zero-order valence-corrected chi connectivity index (χ0v) is 12.3. The van der Waals surface area contributed by atoms with Gasteiger partial charge in [0.05, 0.1) is 22.3 Å². The number of carbonyl (C=O) groups is 1. The van der Waals surface area contributed by atoms with Crippen molar-refractivity contribution in [2.75, 3.05) is 18.5 Å². The summed E-state index contributed by atoms with van der Waals surface area (Å²) in [5.74, 6) is -0.203. The molecule has 1 aromatic rings. The number of anilines is 1. The predicted octanol–water partition coefficient (Wildman–Crippen LogP) is 2.68. The van der Waals surface area contributed by atoms with E-state index in [1.807, 2.05) is 6.92 Å². The molecule has 0 aliphatic rings. The van der Waals surface area contributed by atoms with E-state index in [0.29, 0.717) is 22.2 Å². The summed E-state index contributed by atoms with van der Waals surface area (Å²) in [5, 5.41) is 15.3. The van der Waals surface area contributed by atoms with Crippen LogP contribution in [0.2, 0.25) is 10.0 Å². The molecule has 0 aromatic heterocycles. The Morgan fingerprint density at radius 2 is 2.00 bits per heavy atom. The second kappa shape index (κ2) is 8.38. The normalized spacial score (nSPS) is 12.2. The van der Waals surface area contributed by atoms with Gasteiger partial charge in [-0.1, -0.05) is 29.3 Å². The molecule has 0 spiro atoms. The van der Waals surface area contributed by atoms with Gasteiger partial charge in [-0.25, -0.2) is 0 Å². The van der Waals surface area contributed by atoms with Crippen molar-refractivity contribution >= 4 is 34.8 Å². The number of carbonyl (C=O) groups excluding carboxylic acids is 1. The standard InChI is InChI=1S/C13H18Cl2N2O2/c1-9(4-3-7-18)16-8-12(19)17-13-10(14)5-2-6-11(13)15/h2,5-6,9,16,18H,3-4,7-8H2,1H3,(H,17,19). The van der Waals surface area contributed by atoms with E-state index in [9.17, 15) is 4.79 Å². The van der Waals surface area contributed by atoms with E-state index < -0.39 is 0 Å². The third-order valence-corrected chi connectivity index (χ3v) is 3.26. The van der Waals surface area contributed by atoms with Crippen molar-refractivity contribution in [1.29, 1.82) is 0 Å². The lowest BCUT2D eigenvalue weighted by molar-refractivity contribution is -0.115. The highest BCUT2D eigenvalue weighted by atomic mass is 35.5. The first kappa shape index (κ1) is 16.2. The minimum Gasteiger partial charge on any atom is -0.396 e. The van der Waals surface area contributed by atoms with Crippen LogP contribution in [-0.2, 0) is 4.79 Å². The van der Waals surface area contributed by atoms with Gasteiger partial charge in [0.2, 0.25) is 5.91 Å². The van der Waals surface area contributed by atoms with Crippen LogP contribution in [0, 0.1) is 0 Å². The van der Waals surface area contributed by atoms with Gasteiger partial charge in [-0.3, -0.25) is 4.79 Å². The van der Waals surface area contributed by atoms with E-state index in [1.54, 1.807) is 18.2 Å². The van der Waals surface area contributed by atoms with Crippen LogP contribution in [-0.4, -0.2) is 30.2 Å². The van der Waals surface area contributed by atoms with Gasteiger partial charge in [-0.2, -0.15) is 0 Å². The number of para-hydroxylation sites is 1. The van der Waals surface area contributed by atoms with Crippen LogP contribution in [0.4, 0.5) is 5.69 Å². The summed E-state index contributed by atoms with van der Waals surface area (Å²) in [6.07, 6.45) is 1.53. The third kappa shape index (κ3) is 5.78. The fourth-order valence-electron chi connectivity index (χ4n) is 1.57. The highest BCUT2D eigenvalue weighted by Crippen LogP contribution is 2.29. The van der Waals surface area contributed by atoms with E-state index in [-0.39, 0.29) is 25.1 Å². The molecule has 1 amide bonds. The summed E-state index contributed by atoms with van der Waals surface area (Å²) in [6, 6.07) is 5.22. The van der Waals surface area contributed by atoms with Gasteiger partial charge in [0.1, 0.15) is 0 Å². The molecule has 0 radical (unpaired) electrons. The summed E-state index contributed by atoms with van der Waals surface area (Å²) >= 11 is 11.9. The lowest BCUT2D eigenvalue weighted by Gasteiger charge is -2.14. The summed E-state index contributed by atoms with van der Waals surface area (Å²) < 4.78 is 0. The topological polar surface area (TPSA) is 61.4 Å². The number of aliphatic hydroxyl groups is 1. The number of halogens is 2. The zero-order valence-electron chi connectivity index (χ0n) is 10.7. The number of amides is 1. The Morgan fingerprint density at radius 3 is 2.58 bits per heavy atom. The zero-order chi connectivity index (χ0) is 14.3. The molecule has 6 heteroatoms. The molecule has 0 saturated heterocycles. The van der Waals surface area contributed by atoms with Gasteiger partial charge >= 0.3 is 0 Å². The van der Waals surface area contributed by atoms with Gasteiger partial charge in [-0.05, 0) is 31.9 Å². The van der Waals surface area contributed by atoms with Crippen LogP contribution in [0.15, 0.2) is 18.2 Å². The summed E-state index contributed by atoms with van der Waals surface area (Å²) in [5.41, 5.74) is 0.431. The molecule has 0 bridgehead atoms.